The fourth-order valence-corrected chi connectivity index (χ4v) is 3.21. The molecule has 9 nitrogen and oxygen atoms in total. The molecule has 0 radical (unpaired) electrons. The van der Waals surface area contributed by atoms with Crippen LogP contribution in [0, 0.1) is 5.92 Å². The lowest BCUT2D eigenvalue weighted by molar-refractivity contribution is -0.209. The first kappa shape index (κ1) is 19.7. The van der Waals surface area contributed by atoms with E-state index in [1.165, 1.54) is 12.1 Å². The first-order valence-corrected chi connectivity index (χ1v) is 9.09. The highest BCUT2D eigenvalue weighted by atomic mass is 16.7. The number of piperidine rings is 1. The molecule has 28 heavy (non-hydrogen) atoms. The largest absolute Gasteiger partial charge is 0.349 e. The van der Waals surface area contributed by atoms with Crippen LogP contribution in [0.2, 0.25) is 0 Å². The van der Waals surface area contributed by atoms with E-state index in [1.54, 1.807) is 19.1 Å². The van der Waals surface area contributed by atoms with Crippen molar-refractivity contribution in [3.05, 3.63) is 35.4 Å². The minimum absolute atomic E-state index is 0.0331. The second kappa shape index (κ2) is 7.51. The molecule has 148 valence electrons. The van der Waals surface area contributed by atoms with Gasteiger partial charge in [0.1, 0.15) is 12.1 Å². The van der Waals surface area contributed by atoms with E-state index in [4.69, 9.17) is 10.6 Å². The number of benzene rings is 1. The highest BCUT2D eigenvalue weighted by Gasteiger charge is 2.48. The molecule has 0 bridgehead atoms. The smallest absolute Gasteiger partial charge is 0.329 e. The molecule has 2 aliphatic heterocycles. The minimum Gasteiger partial charge on any atom is -0.329 e. The Morgan fingerprint density at radius 1 is 1.18 bits per heavy atom. The van der Waals surface area contributed by atoms with Crippen LogP contribution >= 0.6 is 0 Å². The quantitative estimate of drug-likeness (QED) is 0.734. The first-order valence-electron chi connectivity index (χ1n) is 9.09. The van der Waals surface area contributed by atoms with Gasteiger partial charge in [0.15, 0.2) is 0 Å². The van der Waals surface area contributed by atoms with Crippen LogP contribution < -0.4 is 5.73 Å². The summed E-state index contributed by atoms with van der Waals surface area (Å²) in [6, 6.07) is 3.99. The number of imide groups is 2. The number of carbonyl (C=O) groups is 5. The van der Waals surface area contributed by atoms with Gasteiger partial charge < -0.3 is 10.6 Å². The van der Waals surface area contributed by atoms with E-state index < -0.39 is 41.7 Å². The predicted molar refractivity (Wildman–Crippen MR) is 95.3 cm³/mol. The monoisotopic (exact) mass is 387 g/mol. The molecular weight excluding hydrogens is 366 g/mol. The maximum atomic E-state index is 12.8. The Balaban J connectivity index is 1.81. The third kappa shape index (κ3) is 3.18. The summed E-state index contributed by atoms with van der Waals surface area (Å²) in [4.78, 5) is 68.2. The standard InChI is InChI=1S/C19H21N3O6/c1-3-10(2)15(20)19(27)28-22-14(23)9-8-13(18(22)26)21-16(24)11-6-4-5-7-12(11)17(21)25/h4-7,10,13,15H,3,8-9,20H2,1-2H3/t10?,13-,15?/m0/s1. The number of hydrogen-bond acceptors (Lipinski definition) is 7. The van der Waals surface area contributed by atoms with E-state index >= 15 is 0 Å². The molecule has 2 aliphatic rings. The van der Waals surface area contributed by atoms with Crippen LogP contribution in [0.25, 0.3) is 0 Å². The minimum atomic E-state index is -1.22. The summed E-state index contributed by atoms with van der Waals surface area (Å²) in [7, 11) is 0. The Bertz CT molecular complexity index is 832. The van der Waals surface area contributed by atoms with Crippen molar-refractivity contribution in [2.45, 2.75) is 45.2 Å². The van der Waals surface area contributed by atoms with Crippen LogP contribution in [0.3, 0.4) is 0 Å². The Hall–Kier alpha value is -3.07. The van der Waals surface area contributed by atoms with Crippen LogP contribution in [0.1, 0.15) is 53.8 Å². The summed E-state index contributed by atoms with van der Waals surface area (Å²) in [6.45, 7) is 3.58. The van der Waals surface area contributed by atoms with Crippen LogP contribution in [0.15, 0.2) is 24.3 Å². The number of fused-ring (bicyclic) bond motifs is 1. The second-order valence-corrected chi connectivity index (χ2v) is 6.93. The third-order valence-corrected chi connectivity index (χ3v) is 5.19. The topological polar surface area (TPSA) is 127 Å². The lowest BCUT2D eigenvalue weighted by Gasteiger charge is -2.33. The zero-order valence-electron chi connectivity index (χ0n) is 15.6. The molecule has 1 aromatic carbocycles. The van der Waals surface area contributed by atoms with E-state index in [2.05, 4.69) is 0 Å². The summed E-state index contributed by atoms with van der Waals surface area (Å²) in [5.41, 5.74) is 6.18. The number of hydrogen-bond donors (Lipinski definition) is 1. The molecular formula is C19H21N3O6. The molecule has 4 amide bonds. The SMILES string of the molecule is CCC(C)C(N)C(=O)ON1C(=O)CC[C@H](N2C(=O)c3ccccc3C2=O)C1=O. The zero-order valence-corrected chi connectivity index (χ0v) is 15.6. The number of amides is 4. The molecule has 2 heterocycles. The highest BCUT2D eigenvalue weighted by Crippen LogP contribution is 2.29. The van der Waals surface area contributed by atoms with Crippen molar-refractivity contribution in [2.24, 2.45) is 11.7 Å². The van der Waals surface area contributed by atoms with Gasteiger partial charge in [-0.2, -0.15) is 0 Å². The Kier molecular flexibility index (Phi) is 5.28. The van der Waals surface area contributed by atoms with Gasteiger partial charge in [-0.05, 0) is 24.5 Å². The Labute approximate surface area is 161 Å². The Morgan fingerprint density at radius 2 is 1.75 bits per heavy atom. The van der Waals surface area contributed by atoms with Crippen molar-refractivity contribution in [2.75, 3.05) is 0 Å². The van der Waals surface area contributed by atoms with Crippen molar-refractivity contribution in [3.63, 3.8) is 0 Å². The van der Waals surface area contributed by atoms with Gasteiger partial charge >= 0.3 is 5.97 Å². The van der Waals surface area contributed by atoms with Crippen LogP contribution in [0.4, 0.5) is 0 Å². The second-order valence-electron chi connectivity index (χ2n) is 6.93. The average Bonchev–Trinajstić information content (AvgIpc) is 2.95. The molecule has 2 N–H and O–H groups in total. The molecule has 1 aromatic rings. The van der Waals surface area contributed by atoms with Gasteiger partial charge in [0.2, 0.25) is 0 Å². The molecule has 0 aliphatic carbocycles. The number of hydroxylamine groups is 2. The van der Waals surface area contributed by atoms with Gasteiger partial charge in [0.25, 0.3) is 23.6 Å². The fraction of sp³-hybridized carbons (Fsp3) is 0.421. The van der Waals surface area contributed by atoms with E-state index in [0.717, 1.165) is 4.90 Å². The number of nitrogens with zero attached hydrogens (tertiary/aromatic N) is 2. The first-order chi connectivity index (χ1) is 13.3. The number of carbonyl (C=O) groups excluding carboxylic acids is 5. The molecule has 2 unspecified atom stereocenters. The van der Waals surface area contributed by atoms with Gasteiger partial charge in [-0.25, -0.2) is 4.79 Å². The molecule has 0 saturated carbocycles. The third-order valence-electron chi connectivity index (χ3n) is 5.19. The van der Waals surface area contributed by atoms with Gasteiger partial charge in [0.05, 0.1) is 11.1 Å². The van der Waals surface area contributed by atoms with E-state index in [-0.39, 0.29) is 29.9 Å². The van der Waals surface area contributed by atoms with E-state index in [0.29, 0.717) is 11.5 Å². The normalized spacial score (nSPS) is 21.6. The fourth-order valence-electron chi connectivity index (χ4n) is 3.21. The number of nitrogens with two attached hydrogens (primary N) is 1. The molecule has 0 spiro atoms. The van der Waals surface area contributed by atoms with Crippen molar-refractivity contribution in [3.8, 4) is 0 Å². The predicted octanol–water partition coefficient (Wildman–Crippen LogP) is 0.632. The van der Waals surface area contributed by atoms with Crippen molar-refractivity contribution < 1.29 is 28.8 Å². The zero-order chi connectivity index (χ0) is 20.6. The maximum absolute atomic E-state index is 12.8. The molecule has 3 rings (SSSR count). The van der Waals surface area contributed by atoms with Crippen molar-refractivity contribution in [1.82, 2.24) is 9.96 Å². The molecule has 3 atom stereocenters. The highest BCUT2D eigenvalue weighted by molar-refractivity contribution is 6.23. The molecule has 1 fully saturated rings. The lowest BCUT2D eigenvalue weighted by Crippen LogP contribution is -2.57. The molecule has 9 heteroatoms. The van der Waals surface area contributed by atoms with Crippen molar-refractivity contribution in [1.29, 1.82) is 0 Å². The van der Waals surface area contributed by atoms with Gasteiger partial charge in [0, 0.05) is 6.42 Å². The summed E-state index contributed by atoms with van der Waals surface area (Å²) in [5, 5.41) is 0.336. The summed E-state index contributed by atoms with van der Waals surface area (Å²) >= 11 is 0. The van der Waals surface area contributed by atoms with Crippen LogP contribution in [0.5, 0.6) is 0 Å². The van der Waals surface area contributed by atoms with Crippen LogP contribution in [-0.2, 0) is 19.2 Å². The van der Waals surface area contributed by atoms with E-state index in [1.807, 2.05) is 6.92 Å². The number of rotatable bonds is 5. The lowest BCUT2D eigenvalue weighted by atomic mass is 10.0. The van der Waals surface area contributed by atoms with Crippen molar-refractivity contribution >= 4 is 29.6 Å². The van der Waals surface area contributed by atoms with Crippen LogP contribution in [-0.4, -0.2) is 51.6 Å². The average molecular weight is 387 g/mol. The van der Waals surface area contributed by atoms with Gasteiger partial charge in [-0.1, -0.05) is 32.4 Å². The van der Waals surface area contributed by atoms with E-state index in [9.17, 15) is 24.0 Å². The van der Waals surface area contributed by atoms with Gasteiger partial charge in [-0.15, -0.1) is 5.06 Å². The summed E-state index contributed by atoms with van der Waals surface area (Å²) in [6.07, 6.45) is 0.417. The molecule has 0 aromatic heterocycles. The Morgan fingerprint density at radius 3 is 2.29 bits per heavy atom. The summed E-state index contributed by atoms with van der Waals surface area (Å²) in [5.74, 6) is -4.02. The summed E-state index contributed by atoms with van der Waals surface area (Å²) < 4.78 is 0. The molecule has 1 saturated heterocycles. The maximum Gasteiger partial charge on any atom is 0.349 e. The van der Waals surface area contributed by atoms with Gasteiger partial charge in [-0.3, -0.25) is 24.1 Å².